The van der Waals surface area contributed by atoms with Crippen molar-refractivity contribution >= 4 is 23.2 Å². The topological polar surface area (TPSA) is 92.1 Å². The number of hydrogen-bond donors (Lipinski definition) is 1. The molecule has 3 rings (SSSR count). The van der Waals surface area contributed by atoms with Crippen LogP contribution in [-0.2, 0) is 16.0 Å². The number of amides is 1. The molecule has 1 aliphatic rings. The molecule has 0 spiro atoms. The molecule has 7 heteroatoms. The summed E-state index contributed by atoms with van der Waals surface area (Å²) in [5.74, 6) is -0.963. The van der Waals surface area contributed by atoms with Crippen molar-refractivity contribution in [2.45, 2.75) is 38.6 Å². The van der Waals surface area contributed by atoms with E-state index in [9.17, 15) is 14.9 Å². The highest BCUT2D eigenvalue weighted by molar-refractivity contribution is 7.13. The maximum Gasteiger partial charge on any atom is 0.358 e. The van der Waals surface area contributed by atoms with E-state index in [2.05, 4.69) is 23.3 Å². The quantitative estimate of drug-likeness (QED) is 0.740. The van der Waals surface area contributed by atoms with Crippen LogP contribution in [0.2, 0.25) is 0 Å². The molecule has 1 amide bonds. The fourth-order valence-electron chi connectivity index (χ4n) is 2.80. The van der Waals surface area contributed by atoms with Gasteiger partial charge in [-0.1, -0.05) is 31.2 Å². The highest BCUT2D eigenvalue weighted by Crippen LogP contribution is 2.39. The summed E-state index contributed by atoms with van der Waals surface area (Å²) in [6, 6.07) is 10.1. The van der Waals surface area contributed by atoms with Gasteiger partial charge in [0, 0.05) is 10.9 Å². The lowest BCUT2D eigenvalue weighted by Crippen LogP contribution is -2.48. The summed E-state index contributed by atoms with van der Waals surface area (Å²) in [7, 11) is 0. The minimum Gasteiger partial charge on any atom is -0.451 e. The van der Waals surface area contributed by atoms with Crippen LogP contribution in [0.15, 0.2) is 29.6 Å². The van der Waals surface area contributed by atoms with E-state index in [-0.39, 0.29) is 11.6 Å². The van der Waals surface area contributed by atoms with Gasteiger partial charge in [0.1, 0.15) is 10.5 Å². The number of benzene rings is 1. The molecule has 6 nitrogen and oxygen atoms in total. The Morgan fingerprint density at radius 2 is 2.07 bits per heavy atom. The van der Waals surface area contributed by atoms with Crippen molar-refractivity contribution in [1.82, 2.24) is 10.3 Å². The van der Waals surface area contributed by atoms with Crippen molar-refractivity contribution in [3.05, 3.63) is 40.9 Å². The number of hydrogen-bond acceptors (Lipinski definition) is 6. The average molecular weight is 383 g/mol. The van der Waals surface area contributed by atoms with Gasteiger partial charge in [-0.3, -0.25) is 4.79 Å². The first-order valence-electron chi connectivity index (χ1n) is 8.89. The Balaban J connectivity index is 1.56. The molecule has 140 valence electrons. The first-order chi connectivity index (χ1) is 12.9. The van der Waals surface area contributed by atoms with Crippen LogP contribution >= 0.6 is 11.3 Å². The molecule has 1 aromatic carbocycles. The van der Waals surface area contributed by atoms with Gasteiger partial charge in [0.15, 0.2) is 12.3 Å². The lowest BCUT2D eigenvalue weighted by atomic mass is 9.98. The Morgan fingerprint density at radius 1 is 1.37 bits per heavy atom. The number of esters is 1. The summed E-state index contributed by atoms with van der Waals surface area (Å²) in [4.78, 5) is 28.5. The summed E-state index contributed by atoms with van der Waals surface area (Å²) in [6.07, 6.45) is 2.80. The summed E-state index contributed by atoms with van der Waals surface area (Å²) >= 11 is 1.35. The van der Waals surface area contributed by atoms with Gasteiger partial charge < -0.3 is 10.1 Å². The Labute approximate surface area is 162 Å². The maximum atomic E-state index is 12.2. The number of thiazole rings is 1. The summed E-state index contributed by atoms with van der Waals surface area (Å²) < 4.78 is 5.05. The molecule has 0 bridgehead atoms. The van der Waals surface area contributed by atoms with Crippen LogP contribution in [0.3, 0.4) is 0 Å². The lowest BCUT2D eigenvalue weighted by Gasteiger charge is -2.22. The second-order valence-corrected chi connectivity index (χ2v) is 7.66. The van der Waals surface area contributed by atoms with Crippen LogP contribution in [0, 0.1) is 17.2 Å². The van der Waals surface area contributed by atoms with Gasteiger partial charge in [0.05, 0.1) is 6.07 Å². The largest absolute Gasteiger partial charge is 0.451 e. The van der Waals surface area contributed by atoms with Crippen molar-refractivity contribution in [3.63, 3.8) is 0 Å². The van der Waals surface area contributed by atoms with Gasteiger partial charge in [-0.25, -0.2) is 9.78 Å². The standard InChI is InChI=1S/C20H21N3O3S/c1-3-13-4-6-14(7-5-13)18-22-16(11-27-18)19(25)26-10-17(24)23-20(2,12-21)15-8-9-15/h4-7,11,15H,3,8-10H2,1-2H3,(H,23,24)/t20-/m1/s1. The zero-order valence-electron chi connectivity index (χ0n) is 15.3. The van der Waals surface area contributed by atoms with Gasteiger partial charge in [-0.2, -0.15) is 5.26 Å². The van der Waals surface area contributed by atoms with Crippen molar-refractivity contribution in [2.24, 2.45) is 5.92 Å². The van der Waals surface area contributed by atoms with Crippen molar-refractivity contribution in [2.75, 3.05) is 6.61 Å². The number of nitrogens with zero attached hydrogens (tertiary/aromatic N) is 2. The Hall–Kier alpha value is -2.72. The second kappa shape index (κ2) is 7.89. The van der Waals surface area contributed by atoms with Crippen LogP contribution in [0.5, 0.6) is 0 Å². The number of aromatic nitrogens is 1. The van der Waals surface area contributed by atoms with Crippen LogP contribution in [0.4, 0.5) is 0 Å². The minimum absolute atomic E-state index is 0.169. The van der Waals surface area contributed by atoms with E-state index in [0.29, 0.717) is 0 Å². The Bertz CT molecular complexity index is 881. The van der Waals surface area contributed by atoms with E-state index in [1.165, 1.54) is 16.9 Å². The van der Waals surface area contributed by atoms with E-state index in [4.69, 9.17) is 4.74 Å². The smallest absolute Gasteiger partial charge is 0.358 e. The summed E-state index contributed by atoms with van der Waals surface area (Å²) in [6.45, 7) is 3.36. The molecule has 1 aromatic heterocycles. The fraction of sp³-hybridized carbons (Fsp3) is 0.400. The van der Waals surface area contributed by atoms with Gasteiger partial charge >= 0.3 is 5.97 Å². The molecule has 1 fully saturated rings. The number of carbonyl (C=O) groups is 2. The number of nitrogens with one attached hydrogen (secondary N) is 1. The molecule has 1 heterocycles. The first kappa shape index (κ1) is 19.1. The normalized spacial score (nSPS) is 15.4. The van der Waals surface area contributed by atoms with Gasteiger partial charge in [0.2, 0.25) is 0 Å². The van der Waals surface area contributed by atoms with Crippen LogP contribution in [0.1, 0.15) is 42.7 Å². The molecular weight excluding hydrogens is 362 g/mol. The molecule has 0 aliphatic heterocycles. The zero-order valence-corrected chi connectivity index (χ0v) is 16.1. The van der Waals surface area contributed by atoms with E-state index in [0.717, 1.165) is 29.8 Å². The Morgan fingerprint density at radius 3 is 2.67 bits per heavy atom. The van der Waals surface area contributed by atoms with Crippen molar-refractivity contribution in [1.29, 1.82) is 5.26 Å². The third-order valence-corrected chi connectivity index (χ3v) is 5.57. The van der Waals surface area contributed by atoms with E-state index >= 15 is 0 Å². The van der Waals surface area contributed by atoms with Crippen LogP contribution in [0.25, 0.3) is 10.6 Å². The third kappa shape index (κ3) is 4.52. The molecule has 1 aliphatic carbocycles. The first-order valence-corrected chi connectivity index (χ1v) is 9.77. The van der Waals surface area contributed by atoms with Crippen LogP contribution in [-0.4, -0.2) is 29.0 Å². The van der Waals surface area contributed by atoms with Crippen LogP contribution < -0.4 is 5.32 Å². The summed E-state index contributed by atoms with van der Waals surface area (Å²) in [5.41, 5.74) is 1.44. The van der Waals surface area contributed by atoms with E-state index in [1.807, 2.05) is 24.3 Å². The molecule has 1 N–H and O–H groups in total. The van der Waals surface area contributed by atoms with E-state index in [1.54, 1.807) is 12.3 Å². The predicted molar refractivity (Wildman–Crippen MR) is 102 cm³/mol. The molecular formula is C20H21N3O3S. The fourth-order valence-corrected chi connectivity index (χ4v) is 3.59. The SMILES string of the molecule is CCc1ccc(-c2nc(C(=O)OCC(=O)N[C@](C)(C#N)C3CC3)cs2)cc1. The number of rotatable bonds is 7. The molecule has 0 saturated heterocycles. The molecule has 1 saturated carbocycles. The third-order valence-electron chi connectivity index (χ3n) is 4.68. The summed E-state index contributed by atoms with van der Waals surface area (Å²) in [5, 5.41) is 14.3. The molecule has 0 unspecified atom stereocenters. The molecule has 27 heavy (non-hydrogen) atoms. The second-order valence-electron chi connectivity index (χ2n) is 6.80. The van der Waals surface area contributed by atoms with E-state index < -0.39 is 24.0 Å². The van der Waals surface area contributed by atoms with Gasteiger partial charge in [-0.15, -0.1) is 11.3 Å². The zero-order chi connectivity index (χ0) is 19.4. The monoisotopic (exact) mass is 383 g/mol. The van der Waals surface area contributed by atoms with Gasteiger partial charge in [0.25, 0.3) is 5.91 Å². The van der Waals surface area contributed by atoms with Crippen molar-refractivity contribution < 1.29 is 14.3 Å². The number of carbonyl (C=O) groups excluding carboxylic acids is 2. The number of nitriles is 1. The molecule has 1 atom stereocenters. The van der Waals surface area contributed by atoms with Gasteiger partial charge in [-0.05, 0) is 37.7 Å². The van der Waals surface area contributed by atoms with Crippen molar-refractivity contribution in [3.8, 4) is 16.6 Å². The molecule has 2 aromatic rings. The highest BCUT2D eigenvalue weighted by Gasteiger charge is 2.43. The predicted octanol–water partition coefficient (Wildman–Crippen LogP) is 3.34. The average Bonchev–Trinajstić information content (AvgIpc) is 3.44. The Kier molecular flexibility index (Phi) is 5.57. The number of ether oxygens (including phenoxy) is 1. The maximum absolute atomic E-state index is 12.2. The molecule has 0 radical (unpaired) electrons. The highest BCUT2D eigenvalue weighted by atomic mass is 32.1. The number of aryl methyl sites for hydroxylation is 1. The lowest BCUT2D eigenvalue weighted by molar-refractivity contribution is -0.125. The minimum atomic E-state index is -0.901.